The van der Waals surface area contributed by atoms with Gasteiger partial charge in [0.25, 0.3) is 0 Å². The summed E-state index contributed by atoms with van der Waals surface area (Å²) in [5, 5.41) is 7.99. The van der Waals surface area contributed by atoms with Crippen LogP contribution in [0, 0.1) is 6.92 Å². The van der Waals surface area contributed by atoms with Gasteiger partial charge in [0, 0.05) is 10.9 Å². The number of nitrogens with two attached hydrogens (primary N) is 1. The molecule has 1 aromatic heterocycles. The number of aryl methyl sites for hydroxylation is 1. The van der Waals surface area contributed by atoms with Gasteiger partial charge in [0.2, 0.25) is 0 Å². The molecule has 0 fully saturated rings. The normalized spacial score (nSPS) is 10.7. The van der Waals surface area contributed by atoms with Crippen molar-refractivity contribution in [1.82, 2.24) is 14.8 Å². The van der Waals surface area contributed by atoms with E-state index in [1.165, 1.54) is 5.56 Å². The van der Waals surface area contributed by atoms with Crippen LogP contribution in [-0.2, 0) is 6.42 Å². The largest absolute Gasteiger partial charge is 0.330 e. The second kappa shape index (κ2) is 4.76. The van der Waals surface area contributed by atoms with Gasteiger partial charge in [0.1, 0.15) is 12.2 Å². The van der Waals surface area contributed by atoms with E-state index in [0.29, 0.717) is 6.54 Å². The minimum Gasteiger partial charge on any atom is -0.330 e. The maximum atomic E-state index is 5.54. The van der Waals surface area contributed by atoms with Crippen LogP contribution in [0.4, 0.5) is 0 Å². The highest BCUT2D eigenvalue weighted by Gasteiger charge is 2.07. The third kappa shape index (κ3) is 2.15. The van der Waals surface area contributed by atoms with Crippen molar-refractivity contribution in [3.05, 3.63) is 40.4 Å². The topological polar surface area (TPSA) is 56.7 Å². The summed E-state index contributed by atoms with van der Waals surface area (Å²) in [6, 6.07) is 6.12. The first-order valence-electron chi connectivity index (χ1n) is 5.08. The predicted molar refractivity (Wildman–Crippen MR) is 66.6 cm³/mol. The van der Waals surface area contributed by atoms with Crippen LogP contribution in [0.25, 0.3) is 5.69 Å². The smallest absolute Gasteiger partial charge is 0.138 e. The van der Waals surface area contributed by atoms with Gasteiger partial charge in [-0.05, 0) is 37.2 Å². The van der Waals surface area contributed by atoms with Crippen molar-refractivity contribution in [3.8, 4) is 5.69 Å². The molecule has 0 radical (unpaired) electrons. The second-order valence-electron chi connectivity index (χ2n) is 3.59. The molecule has 0 unspecified atom stereocenters. The molecule has 5 heteroatoms. The molecule has 84 valence electrons. The summed E-state index contributed by atoms with van der Waals surface area (Å²) in [6.07, 6.45) is 2.46. The Labute approximate surface area is 103 Å². The van der Waals surface area contributed by atoms with Crippen LogP contribution in [0.3, 0.4) is 0 Å². The number of rotatable bonds is 3. The van der Waals surface area contributed by atoms with Crippen LogP contribution in [-0.4, -0.2) is 21.3 Å². The SMILES string of the molecule is Cc1cc(Br)ccc1-n1cnnc1CCN. The Bertz CT molecular complexity index is 492. The molecule has 0 atom stereocenters. The van der Waals surface area contributed by atoms with Gasteiger partial charge in [-0.25, -0.2) is 0 Å². The summed E-state index contributed by atoms with van der Waals surface area (Å²) in [5.41, 5.74) is 7.81. The van der Waals surface area contributed by atoms with Crippen LogP contribution in [0.5, 0.6) is 0 Å². The highest BCUT2D eigenvalue weighted by molar-refractivity contribution is 9.10. The van der Waals surface area contributed by atoms with E-state index in [1.54, 1.807) is 6.33 Å². The lowest BCUT2D eigenvalue weighted by Crippen LogP contribution is -2.09. The van der Waals surface area contributed by atoms with Crippen LogP contribution >= 0.6 is 15.9 Å². The number of nitrogens with zero attached hydrogens (tertiary/aromatic N) is 3. The lowest BCUT2D eigenvalue weighted by atomic mass is 10.2. The maximum Gasteiger partial charge on any atom is 0.138 e. The molecular formula is C11H13BrN4. The Hall–Kier alpha value is -1.20. The van der Waals surface area contributed by atoms with Gasteiger partial charge in [-0.1, -0.05) is 15.9 Å². The Morgan fingerprint density at radius 3 is 2.94 bits per heavy atom. The molecule has 0 bridgehead atoms. The van der Waals surface area contributed by atoms with E-state index in [9.17, 15) is 0 Å². The molecule has 0 saturated carbocycles. The molecule has 0 aliphatic heterocycles. The molecule has 2 aromatic rings. The van der Waals surface area contributed by atoms with Crippen LogP contribution < -0.4 is 5.73 Å². The summed E-state index contributed by atoms with van der Waals surface area (Å²) in [4.78, 5) is 0. The minimum absolute atomic E-state index is 0.578. The molecule has 0 saturated heterocycles. The zero-order valence-corrected chi connectivity index (χ0v) is 10.6. The lowest BCUT2D eigenvalue weighted by molar-refractivity contribution is 0.827. The van der Waals surface area contributed by atoms with Crippen molar-refractivity contribution < 1.29 is 0 Å². The standard InChI is InChI=1S/C11H13BrN4/c1-8-6-9(12)2-3-10(8)16-7-14-15-11(16)4-5-13/h2-3,6-7H,4-5,13H2,1H3. The summed E-state index contributed by atoms with van der Waals surface area (Å²) in [6.45, 7) is 2.64. The number of aromatic nitrogens is 3. The van der Waals surface area contributed by atoms with Crippen molar-refractivity contribution >= 4 is 15.9 Å². The Kier molecular flexibility index (Phi) is 3.36. The first kappa shape index (κ1) is 11.3. The van der Waals surface area contributed by atoms with E-state index in [4.69, 9.17) is 5.73 Å². The molecule has 4 nitrogen and oxygen atoms in total. The van der Waals surface area contributed by atoms with Crippen LogP contribution in [0.15, 0.2) is 29.0 Å². The van der Waals surface area contributed by atoms with Crippen LogP contribution in [0.1, 0.15) is 11.4 Å². The zero-order valence-electron chi connectivity index (χ0n) is 9.02. The maximum absolute atomic E-state index is 5.54. The Morgan fingerprint density at radius 2 is 2.25 bits per heavy atom. The fraction of sp³-hybridized carbons (Fsp3) is 0.273. The average Bonchev–Trinajstić information content (AvgIpc) is 2.67. The molecule has 1 heterocycles. The quantitative estimate of drug-likeness (QED) is 0.934. The molecule has 0 aliphatic carbocycles. The Balaban J connectivity index is 2.46. The number of halogens is 1. The molecule has 2 N–H and O–H groups in total. The van der Waals surface area contributed by atoms with Crippen molar-refractivity contribution in [3.63, 3.8) is 0 Å². The molecule has 1 aromatic carbocycles. The predicted octanol–water partition coefficient (Wildman–Crippen LogP) is 1.84. The van der Waals surface area contributed by atoms with E-state index in [-0.39, 0.29) is 0 Å². The third-order valence-electron chi connectivity index (χ3n) is 2.40. The Morgan fingerprint density at radius 1 is 1.44 bits per heavy atom. The summed E-state index contributed by atoms with van der Waals surface area (Å²) < 4.78 is 3.05. The van der Waals surface area contributed by atoms with E-state index in [0.717, 1.165) is 22.4 Å². The van der Waals surface area contributed by atoms with Gasteiger partial charge in [0.05, 0.1) is 5.69 Å². The highest BCUT2D eigenvalue weighted by atomic mass is 79.9. The first-order chi connectivity index (χ1) is 7.72. The first-order valence-corrected chi connectivity index (χ1v) is 5.87. The third-order valence-corrected chi connectivity index (χ3v) is 2.90. The van der Waals surface area contributed by atoms with Gasteiger partial charge < -0.3 is 5.73 Å². The fourth-order valence-electron chi connectivity index (χ4n) is 1.65. The highest BCUT2D eigenvalue weighted by Crippen LogP contribution is 2.20. The van der Waals surface area contributed by atoms with E-state index >= 15 is 0 Å². The van der Waals surface area contributed by atoms with Crippen molar-refractivity contribution in [2.24, 2.45) is 5.73 Å². The molecule has 16 heavy (non-hydrogen) atoms. The van der Waals surface area contributed by atoms with Crippen LogP contribution in [0.2, 0.25) is 0 Å². The van der Waals surface area contributed by atoms with E-state index in [2.05, 4.69) is 39.1 Å². The van der Waals surface area contributed by atoms with Gasteiger partial charge in [-0.15, -0.1) is 10.2 Å². The zero-order chi connectivity index (χ0) is 11.5. The fourth-order valence-corrected chi connectivity index (χ4v) is 2.12. The van der Waals surface area contributed by atoms with Gasteiger partial charge in [0.15, 0.2) is 0 Å². The molecule has 0 aliphatic rings. The van der Waals surface area contributed by atoms with Crippen molar-refractivity contribution in [2.45, 2.75) is 13.3 Å². The second-order valence-corrected chi connectivity index (χ2v) is 4.50. The summed E-state index contributed by atoms with van der Waals surface area (Å²) in [5.74, 6) is 0.896. The molecule has 2 rings (SSSR count). The summed E-state index contributed by atoms with van der Waals surface area (Å²) >= 11 is 3.45. The van der Waals surface area contributed by atoms with Crippen molar-refractivity contribution in [1.29, 1.82) is 0 Å². The summed E-state index contributed by atoms with van der Waals surface area (Å²) in [7, 11) is 0. The lowest BCUT2D eigenvalue weighted by Gasteiger charge is -2.09. The monoisotopic (exact) mass is 280 g/mol. The molecule has 0 spiro atoms. The van der Waals surface area contributed by atoms with E-state index in [1.807, 2.05) is 16.7 Å². The van der Waals surface area contributed by atoms with Crippen molar-refractivity contribution in [2.75, 3.05) is 6.54 Å². The van der Waals surface area contributed by atoms with Gasteiger partial charge in [-0.3, -0.25) is 4.57 Å². The average molecular weight is 281 g/mol. The number of hydrogen-bond donors (Lipinski definition) is 1. The minimum atomic E-state index is 0.578. The molecule has 0 amide bonds. The van der Waals surface area contributed by atoms with Gasteiger partial charge in [-0.2, -0.15) is 0 Å². The van der Waals surface area contributed by atoms with Gasteiger partial charge >= 0.3 is 0 Å². The number of hydrogen-bond acceptors (Lipinski definition) is 3. The number of benzene rings is 1. The molecular weight excluding hydrogens is 268 g/mol. The van der Waals surface area contributed by atoms with E-state index < -0.39 is 0 Å².